The minimum Gasteiger partial charge on any atom is -0.0619 e. The predicted molar refractivity (Wildman–Crippen MR) is 331 cm³/mol. The maximum atomic E-state index is 2.59. The lowest BCUT2D eigenvalue weighted by Crippen LogP contribution is -2.26. The zero-order valence-corrected chi connectivity index (χ0v) is 45.8. The third-order valence-electron chi connectivity index (χ3n) is 18.9. The number of hydrogen-bond donors (Lipinski definition) is 0. The number of fused-ring (bicyclic) bond motifs is 12. The van der Waals surface area contributed by atoms with Crippen LogP contribution >= 0.6 is 0 Å². The summed E-state index contributed by atoms with van der Waals surface area (Å²) in [7, 11) is 0. The molecule has 374 valence electrons. The van der Waals surface area contributed by atoms with Gasteiger partial charge in [0.1, 0.15) is 0 Å². The van der Waals surface area contributed by atoms with Crippen LogP contribution in [0.5, 0.6) is 0 Å². The summed E-state index contributed by atoms with van der Waals surface area (Å²) >= 11 is 0. The van der Waals surface area contributed by atoms with E-state index in [4.69, 9.17) is 0 Å². The molecule has 12 aromatic carbocycles. The highest BCUT2D eigenvalue weighted by Gasteiger charge is 2.46. The minimum absolute atomic E-state index is 0.195. The summed E-state index contributed by atoms with van der Waals surface area (Å²) in [4.78, 5) is 0. The van der Waals surface area contributed by atoms with Crippen molar-refractivity contribution in [2.75, 3.05) is 0 Å². The molecule has 0 heteroatoms. The van der Waals surface area contributed by atoms with Crippen LogP contribution in [0, 0.1) is 20.8 Å². The van der Waals surface area contributed by atoms with Crippen molar-refractivity contribution in [3.8, 4) is 66.8 Å². The Labute approximate surface area is 459 Å². The molecule has 0 heterocycles. The van der Waals surface area contributed by atoms with Gasteiger partial charge >= 0.3 is 0 Å². The molecule has 0 spiro atoms. The van der Waals surface area contributed by atoms with E-state index in [0.717, 1.165) is 12.8 Å². The van der Waals surface area contributed by atoms with Crippen molar-refractivity contribution >= 4 is 32.3 Å². The highest BCUT2D eigenvalue weighted by Crippen LogP contribution is 2.59. The molecule has 3 aliphatic carbocycles. The van der Waals surface area contributed by atoms with Crippen molar-refractivity contribution in [2.24, 2.45) is 0 Å². The van der Waals surface area contributed by atoms with E-state index in [2.05, 4.69) is 273 Å². The van der Waals surface area contributed by atoms with Crippen molar-refractivity contribution in [3.63, 3.8) is 0 Å². The first-order valence-electron chi connectivity index (χ1n) is 28.1. The average molecular weight is 999 g/mol. The molecule has 12 aromatic rings. The van der Waals surface area contributed by atoms with Gasteiger partial charge in [-0.2, -0.15) is 0 Å². The lowest BCUT2D eigenvalue weighted by atomic mass is 9.71. The molecule has 0 aromatic heterocycles. The van der Waals surface area contributed by atoms with E-state index < -0.39 is 0 Å². The molecule has 0 radical (unpaired) electrons. The SMILES string of the molecule is Cc1ccc2cc(-c3ccc4c(c3)-c3ccccc3C4(C)Cc3cc(-c4ccc5cc(C)ccc5c4)cc4c3-c3ccccc3C4(C)Cc3cccc4c3-c3cccc(-c5ccc6cc(C)ccc6c5)c3C4(C)C)ccc2c1. The van der Waals surface area contributed by atoms with Crippen LogP contribution in [0.1, 0.15) is 88.9 Å². The zero-order valence-electron chi connectivity index (χ0n) is 45.8. The van der Waals surface area contributed by atoms with Gasteiger partial charge in [-0.3, -0.25) is 0 Å². The van der Waals surface area contributed by atoms with E-state index in [1.54, 1.807) is 0 Å². The second kappa shape index (κ2) is 17.0. The van der Waals surface area contributed by atoms with Gasteiger partial charge < -0.3 is 0 Å². The van der Waals surface area contributed by atoms with Gasteiger partial charge in [0, 0.05) is 16.2 Å². The van der Waals surface area contributed by atoms with Crippen LogP contribution in [0.25, 0.3) is 99.1 Å². The first-order valence-corrected chi connectivity index (χ1v) is 28.1. The van der Waals surface area contributed by atoms with Crippen molar-refractivity contribution in [3.05, 3.63) is 286 Å². The predicted octanol–water partition coefficient (Wildman–Crippen LogP) is 20.4. The van der Waals surface area contributed by atoms with Crippen molar-refractivity contribution in [2.45, 2.75) is 77.6 Å². The highest BCUT2D eigenvalue weighted by atomic mass is 14.5. The van der Waals surface area contributed by atoms with Crippen LogP contribution < -0.4 is 0 Å². The molecule has 0 bridgehead atoms. The standard InChI is InChI=1S/C78H62/c1-47-22-25-53-39-56(30-28-50(53)36-47)58-34-35-70-67(43-58)64-15-8-10-19-68(64)77(70,6)46-62-42-61(57-31-29-51-37-48(2)23-26-54(51)40-57)44-72-74(62)65-16-9-11-20-69(65)78(72,7)45-60-14-12-21-71-73(60)66-18-13-17-63(75(66)76(71,4)5)59-33-32-52-38-49(3)24-27-55(52)41-59/h8-44H,45-46H2,1-7H3. The summed E-state index contributed by atoms with van der Waals surface area (Å²) in [6.07, 6.45) is 1.73. The lowest BCUT2D eigenvalue weighted by Gasteiger charge is -2.31. The molecule has 0 aliphatic heterocycles. The van der Waals surface area contributed by atoms with Crippen LogP contribution in [0.3, 0.4) is 0 Å². The van der Waals surface area contributed by atoms with Crippen LogP contribution in [-0.4, -0.2) is 0 Å². The fraction of sp³-hybridized carbons (Fsp3) is 0.154. The Bertz CT molecular complexity index is 4540. The van der Waals surface area contributed by atoms with E-state index in [0.29, 0.717) is 0 Å². The van der Waals surface area contributed by atoms with Crippen molar-refractivity contribution in [1.82, 2.24) is 0 Å². The monoisotopic (exact) mass is 998 g/mol. The molecule has 3 aliphatic rings. The molecule has 0 saturated carbocycles. The summed E-state index contributed by atoms with van der Waals surface area (Å²) in [6.45, 7) is 16.5. The molecule has 78 heavy (non-hydrogen) atoms. The molecule has 0 amide bonds. The zero-order chi connectivity index (χ0) is 52.8. The Morgan fingerprint density at radius 1 is 0.269 bits per heavy atom. The summed E-state index contributed by atoms with van der Waals surface area (Å²) < 4.78 is 0. The van der Waals surface area contributed by atoms with E-state index >= 15 is 0 Å². The van der Waals surface area contributed by atoms with Gasteiger partial charge in [0.05, 0.1) is 0 Å². The van der Waals surface area contributed by atoms with E-state index in [-0.39, 0.29) is 16.2 Å². The number of aryl methyl sites for hydroxylation is 3. The molecule has 2 atom stereocenters. The Kier molecular flexibility index (Phi) is 10.2. The third-order valence-corrected chi connectivity index (χ3v) is 18.9. The van der Waals surface area contributed by atoms with Gasteiger partial charge in [-0.15, -0.1) is 0 Å². The van der Waals surface area contributed by atoms with Gasteiger partial charge in [-0.1, -0.05) is 239 Å². The molecule has 0 N–H and O–H groups in total. The second-order valence-electron chi connectivity index (χ2n) is 24.3. The molecule has 2 unspecified atom stereocenters. The van der Waals surface area contributed by atoms with Crippen LogP contribution in [0.2, 0.25) is 0 Å². The van der Waals surface area contributed by atoms with Crippen LogP contribution in [-0.2, 0) is 29.1 Å². The smallest absolute Gasteiger partial charge is 0.0227 e. The Hall–Kier alpha value is -8.58. The van der Waals surface area contributed by atoms with Crippen molar-refractivity contribution < 1.29 is 0 Å². The first-order chi connectivity index (χ1) is 37.8. The summed E-state index contributed by atoms with van der Waals surface area (Å²) in [5.74, 6) is 0. The average Bonchev–Trinajstić information content (AvgIpc) is 3.88. The summed E-state index contributed by atoms with van der Waals surface area (Å²) in [5.41, 5.74) is 30.2. The first kappa shape index (κ1) is 46.7. The molecular formula is C78H62. The van der Waals surface area contributed by atoms with Crippen molar-refractivity contribution in [1.29, 1.82) is 0 Å². The molecule has 0 nitrogen and oxygen atoms in total. The maximum absolute atomic E-state index is 2.59. The number of benzene rings is 12. The molecule has 0 saturated heterocycles. The third kappa shape index (κ3) is 6.98. The number of hydrogen-bond acceptors (Lipinski definition) is 0. The fourth-order valence-electron chi connectivity index (χ4n) is 15.0. The second-order valence-corrected chi connectivity index (χ2v) is 24.3. The van der Waals surface area contributed by atoms with E-state index in [1.807, 2.05) is 0 Å². The molecule has 0 fully saturated rings. The Morgan fingerprint density at radius 2 is 0.705 bits per heavy atom. The summed E-state index contributed by atoms with van der Waals surface area (Å²) in [5, 5.41) is 7.68. The van der Waals surface area contributed by atoms with Gasteiger partial charge in [0.15, 0.2) is 0 Å². The van der Waals surface area contributed by atoms with Crippen LogP contribution in [0.15, 0.2) is 224 Å². The normalized spacial score (nSPS) is 17.2. The van der Waals surface area contributed by atoms with Gasteiger partial charge in [0.25, 0.3) is 0 Å². The van der Waals surface area contributed by atoms with E-state index in [9.17, 15) is 0 Å². The largest absolute Gasteiger partial charge is 0.0619 e. The quantitative estimate of drug-likeness (QED) is 0.149. The maximum Gasteiger partial charge on any atom is 0.0227 e. The Morgan fingerprint density at radius 3 is 1.37 bits per heavy atom. The van der Waals surface area contributed by atoms with Crippen LogP contribution in [0.4, 0.5) is 0 Å². The number of rotatable bonds is 7. The van der Waals surface area contributed by atoms with Gasteiger partial charge in [-0.25, -0.2) is 0 Å². The summed E-state index contributed by atoms with van der Waals surface area (Å²) in [6, 6.07) is 86.9. The topological polar surface area (TPSA) is 0 Å². The highest BCUT2D eigenvalue weighted by molar-refractivity contribution is 5.96. The molecule has 15 rings (SSSR count). The molecular weight excluding hydrogens is 937 g/mol. The van der Waals surface area contributed by atoms with Gasteiger partial charge in [0.2, 0.25) is 0 Å². The van der Waals surface area contributed by atoms with E-state index in [1.165, 1.54) is 160 Å². The van der Waals surface area contributed by atoms with Gasteiger partial charge in [-0.05, 0) is 208 Å². The Balaban J connectivity index is 0.900. The fourth-order valence-corrected chi connectivity index (χ4v) is 15.0. The minimum atomic E-state index is -0.333. The lowest BCUT2D eigenvalue weighted by molar-refractivity contribution is 0.574.